The van der Waals surface area contributed by atoms with Gasteiger partial charge < -0.3 is 4.74 Å². The predicted molar refractivity (Wildman–Crippen MR) is 42.9 cm³/mol. The van der Waals surface area contributed by atoms with Crippen molar-refractivity contribution in [2.75, 3.05) is 6.61 Å². The minimum atomic E-state index is 0.318. The molecule has 0 saturated carbocycles. The van der Waals surface area contributed by atoms with Crippen molar-refractivity contribution in [3.8, 4) is 0 Å². The number of allylic oxidation sites excluding steroid dienone is 1. The van der Waals surface area contributed by atoms with Crippen LogP contribution in [0.1, 0.15) is 19.3 Å². The minimum Gasteiger partial charge on any atom is -0.374 e. The lowest BCUT2D eigenvalue weighted by Gasteiger charge is -2.09. The van der Waals surface area contributed by atoms with Gasteiger partial charge in [0.2, 0.25) is 0 Å². The fourth-order valence-electron chi connectivity index (χ4n) is 1.22. The van der Waals surface area contributed by atoms with Gasteiger partial charge in [0, 0.05) is 6.61 Å². The van der Waals surface area contributed by atoms with Gasteiger partial charge in [-0.2, -0.15) is 0 Å². The van der Waals surface area contributed by atoms with Crippen molar-refractivity contribution in [3.05, 3.63) is 24.8 Å². The fourth-order valence-corrected chi connectivity index (χ4v) is 1.22. The largest absolute Gasteiger partial charge is 0.374 e. The molecule has 0 radical (unpaired) electrons. The van der Waals surface area contributed by atoms with Crippen LogP contribution in [-0.2, 0) is 4.74 Å². The molecular formula is C9H14O. The molecule has 1 heterocycles. The second kappa shape index (κ2) is 3.57. The molecule has 1 heteroatoms. The van der Waals surface area contributed by atoms with Crippen molar-refractivity contribution in [2.24, 2.45) is 0 Å². The Kier molecular flexibility index (Phi) is 2.69. The van der Waals surface area contributed by atoms with E-state index in [9.17, 15) is 0 Å². The maximum Gasteiger partial charge on any atom is 0.0786 e. The smallest absolute Gasteiger partial charge is 0.0786 e. The van der Waals surface area contributed by atoms with Crippen molar-refractivity contribution in [3.63, 3.8) is 0 Å². The Hall–Kier alpha value is -0.560. The van der Waals surface area contributed by atoms with E-state index in [2.05, 4.69) is 13.2 Å². The van der Waals surface area contributed by atoms with Crippen LogP contribution in [0.2, 0.25) is 0 Å². The van der Waals surface area contributed by atoms with E-state index in [1.165, 1.54) is 12.0 Å². The first kappa shape index (κ1) is 7.55. The molecule has 1 saturated heterocycles. The summed E-state index contributed by atoms with van der Waals surface area (Å²) >= 11 is 0. The van der Waals surface area contributed by atoms with Gasteiger partial charge in [0.15, 0.2) is 0 Å². The normalized spacial score (nSPS) is 24.6. The molecule has 0 amide bonds. The van der Waals surface area contributed by atoms with Gasteiger partial charge in [-0.1, -0.05) is 12.7 Å². The molecule has 0 spiro atoms. The lowest BCUT2D eigenvalue weighted by atomic mass is 10.1. The van der Waals surface area contributed by atoms with Crippen LogP contribution in [-0.4, -0.2) is 12.7 Å². The molecule has 0 bridgehead atoms. The molecule has 1 fully saturated rings. The summed E-state index contributed by atoms with van der Waals surface area (Å²) in [5, 5.41) is 0. The van der Waals surface area contributed by atoms with E-state index in [1.54, 1.807) is 0 Å². The van der Waals surface area contributed by atoms with Crippen molar-refractivity contribution < 1.29 is 4.74 Å². The highest BCUT2D eigenvalue weighted by Crippen LogP contribution is 2.20. The molecule has 1 rings (SSSR count). The quantitative estimate of drug-likeness (QED) is 0.544. The fraction of sp³-hybridized carbons (Fsp3) is 0.556. The van der Waals surface area contributed by atoms with Crippen LogP contribution in [0, 0.1) is 0 Å². The van der Waals surface area contributed by atoms with Crippen LogP contribution in [0.3, 0.4) is 0 Å². The Morgan fingerprint density at radius 3 is 3.00 bits per heavy atom. The monoisotopic (exact) mass is 138 g/mol. The van der Waals surface area contributed by atoms with Gasteiger partial charge in [0.05, 0.1) is 6.10 Å². The van der Waals surface area contributed by atoms with E-state index in [0.29, 0.717) is 6.10 Å². The van der Waals surface area contributed by atoms with E-state index in [0.717, 1.165) is 19.4 Å². The van der Waals surface area contributed by atoms with Crippen molar-refractivity contribution in [1.82, 2.24) is 0 Å². The van der Waals surface area contributed by atoms with Gasteiger partial charge in [-0.15, -0.1) is 6.58 Å². The Morgan fingerprint density at radius 1 is 1.70 bits per heavy atom. The maximum absolute atomic E-state index is 5.42. The summed E-state index contributed by atoms with van der Waals surface area (Å²) in [6.45, 7) is 8.49. The van der Waals surface area contributed by atoms with E-state index < -0.39 is 0 Å². The summed E-state index contributed by atoms with van der Waals surface area (Å²) in [6.07, 6.45) is 5.42. The first-order valence-electron chi connectivity index (χ1n) is 3.74. The number of ether oxygens (including phenoxy) is 1. The standard InChI is InChI=1S/C9H14O/c1-3-5-8(2)9-6-4-7-10-9/h3,9H,1-2,4-7H2. The van der Waals surface area contributed by atoms with E-state index in [4.69, 9.17) is 4.74 Å². The highest BCUT2D eigenvalue weighted by molar-refractivity contribution is 5.07. The molecule has 0 aliphatic carbocycles. The summed E-state index contributed by atoms with van der Waals surface area (Å²) in [6, 6.07) is 0. The molecule has 1 aliphatic rings. The summed E-state index contributed by atoms with van der Waals surface area (Å²) in [5.74, 6) is 0. The molecule has 1 nitrogen and oxygen atoms in total. The average Bonchev–Trinajstić information content (AvgIpc) is 2.38. The van der Waals surface area contributed by atoms with Gasteiger partial charge in [-0.3, -0.25) is 0 Å². The maximum atomic E-state index is 5.42. The molecule has 0 aromatic heterocycles. The molecule has 10 heavy (non-hydrogen) atoms. The molecule has 56 valence electrons. The number of hydrogen-bond donors (Lipinski definition) is 0. The lowest BCUT2D eigenvalue weighted by Crippen LogP contribution is -2.06. The first-order chi connectivity index (χ1) is 4.84. The summed E-state index contributed by atoms with van der Waals surface area (Å²) in [7, 11) is 0. The Morgan fingerprint density at radius 2 is 2.50 bits per heavy atom. The van der Waals surface area contributed by atoms with Crippen LogP contribution < -0.4 is 0 Å². The SMILES string of the molecule is C=CCC(=C)C1CCCO1. The highest BCUT2D eigenvalue weighted by atomic mass is 16.5. The topological polar surface area (TPSA) is 9.23 Å². The van der Waals surface area contributed by atoms with Gasteiger partial charge in [0.25, 0.3) is 0 Å². The molecule has 1 unspecified atom stereocenters. The summed E-state index contributed by atoms with van der Waals surface area (Å²) < 4.78 is 5.42. The first-order valence-corrected chi connectivity index (χ1v) is 3.74. The molecule has 0 aromatic carbocycles. The molecule has 1 aliphatic heterocycles. The Balaban J connectivity index is 2.32. The van der Waals surface area contributed by atoms with E-state index in [1.807, 2.05) is 6.08 Å². The van der Waals surface area contributed by atoms with Crippen molar-refractivity contribution in [1.29, 1.82) is 0 Å². The van der Waals surface area contributed by atoms with Crippen molar-refractivity contribution >= 4 is 0 Å². The van der Waals surface area contributed by atoms with Crippen LogP contribution in [0.5, 0.6) is 0 Å². The lowest BCUT2D eigenvalue weighted by molar-refractivity contribution is 0.136. The predicted octanol–water partition coefficient (Wildman–Crippen LogP) is 2.30. The Labute approximate surface area is 62.4 Å². The van der Waals surface area contributed by atoms with Gasteiger partial charge in [0.1, 0.15) is 0 Å². The van der Waals surface area contributed by atoms with Gasteiger partial charge in [-0.05, 0) is 24.8 Å². The van der Waals surface area contributed by atoms with Gasteiger partial charge >= 0.3 is 0 Å². The number of hydrogen-bond acceptors (Lipinski definition) is 1. The van der Waals surface area contributed by atoms with Gasteiger partial charge in [-0.25, -0.2) is 0 Å². The van der Waals surface area contributed by atoms with E-state index >= 15 is 0 Å². The van der Waals surface area contributed by atoms with Crippen LogP contribution in [0.25, 0.3) is 0 Å². The summed E-state index contributed by atoms with van der Waals surface area (Å²) in [5.41, 5.74) is 1.17. The summed E-state index contributed by atoms with van der Waals surface area (Å²) in [4.78, 5) is 0. The molecule has 0 N–H and O–H groups in total. The average molecular weight is 138 g/mol. The third kappa shape index (κ3) is 1.71. The third-order valence-corrected chi connectivity index (χ3v) is 1.79. The van der Waals surface area contributed by atoms with Crippen LogP contribution in [0.4, 0.5) is 0 Å². The highest BCUT2D eigenvalue weighted by Gasteiger charge is 2.16. The second-order valence-electron chi connectivity index (χ2n) is 2.65. The second-order valence-corrected chi connectivity index (χ2v) is 2.65. The van der Waals surface area contributed by atoms with Crippen LogP contribution >= 0.6 is 0 Å². The third-order valence-electron chi connectivity index (χ3n) is 1.79. The molecule has 1 atom stereocenters. The zero-order chi connectivity index (χ0) is 7.40. The van der Waals surface area contributed by atoms with Crippen LogP contribution in [0.15, 0.2) is 24.8 Å². The Bertz CT molecular complexity index is 132. The van der Waals surface area contributed by atoms with Crippen molar-refractivity contribution in [2.45, 2.75) is 25.4 Å². The minimum absolute atomic E-state index is 0.318. The molecule has 0 aromatic rings. The van der Waals surface area contributed by atoms with E-state index in [-0.39, 0.29) is 0 Å². The molecular weight excluding hydrogens is 124 g/mol. The zero-order valence-corrected chi connectivity index (χ0v) is 6.31. The zero-order valence-electron chi connectivity index (χ0n) is 6.31. The number of rotatable bonds is 3.